The normalized spacial score (nSPS) is 30.2. The van der Waals surface area contributed by atoms with Crippen LogP contribution >= 0.6 is 0 Å². The fourth-order valence-electron chi connectivity index (χ4n) is 7.62. The van der Waals surface area contributed by atoms with Gasteiger partial charge in [0.05, 0.1) is 13.2 Å². The summed E-state index contributed by atoms with van der Waals surface area (Å²) in [5, 5.41) is 2.81. The number of benzene rings is 1. The molecule has 4 aliphatic carbocycles. The number of nitrogens with zero attached hydrogens (tertiary/aromatic N) is 2. The molecule has 4 saturated carbocycles. The van der Waals surface area contributed by atoms with Crippen LogP contribution in [0, 0.1) is 17.8 Å². The van der Waals surface area contributed by atoms with E-state index in [1.807, 2.05) is 6.07 Å². The van der Waals surface area contributed by atoms with Crippen molar-refractivity contribution in [1.82, 2.24) is 9.88 Å². The number of hydrogen-bond donors (Lipinski definition) is 2. The molecule has 7 nitrogen and oxygen atoms in total. The van der Waals surface area contributed by atoms with Gasteiger partial charge >= 0.3 is 0 Å². The molecule has 2 aromatic rings. The molecule has 0 unspecified atom stereocenters. The lowest BCUT2D eigenvalue weighted by molar-refractivity contribution is -0.120. The Kier molecular flexibility index (Phi) is 6.14. The first-order chi connectivity index (χ1) is 17.1. The van der Waals surface area contributed by atoms with E-state index in [9.17, 15) is 4.79 Å². The van der Waals surface area contributed by atoms with E-state index in [4.69, 9.17) is 15.2 Å². The third-order valence-corrected chi connectivity index (χ3v) is 8.54. The topological polar surface area (TPSA) is 90.9 Å². The van der Waals surface area contributed by atoms with E-state index in [0.29, 0.717) is 26.2 Å². The van der Waals surface area contributed by atoms with Crippen LogP contribution in [0.1, 0.15) is 50.6 Å². The van der Waals surface area contributed by atoms with Crippen LogP contribution in [0.15, 0.2) is 47.5 Å². The summed E-state index contributed by atoms with van der Waals surface area (Å²) >= 11 is 0. The molecule has 1 amide bonds. The minimum absolute atomic E-state index is 0.140. The Balaban J connectivity index is 1.23. The van der Waals surface area contributed by atoms with Crippen molar-refractivity contribution >= 4 is 11.9 Å². The molecule has 5 aliphatic rings. The zero-order valence-electron chi connectivity index (χ0n) is 20.3. The molecule has 3 N–H and O–H groups in total. The summed E-state index contributed by atoms with van der Waals surface area (Å²) in [6.45, 7) is 1.92. The third-order valence-electron chi connectivity index (χ3n) is 8.54. The van der Waals surface area contributed by atoms with E-state index in [-0.39, 0.29) is 30.1 Å². The second kappa shape index (κ2) is 9.43. The fraction of sp³-hybridized carbons (Fsp3) is 0.571. The van der Waals surface area contributed by atoms with Crippen LogP contribution < -0.4 is 11.1 Å². The van der Waals surface area contributed by atoms with E-state index < -0.39 is 0 Å². The van der Waals surface area contributed by atoms with Gasteiger partial charge in [-0.25, -0.2) is 0 Å². The summed E-state index contributed by atoms with van der Waals surface area (Å²) in [6.07, 6.45) is 8.37. The average Bonchev–Trinajstić information content (AvgIpc) is 3.49. The molecule has 35 heavy (non-hydrogen) atoms. The van der Waals surface area contributed by atoms with E-state index >= 15 is 0 Å². The largest absolute Gasteiger partial charge is 0.370 e. The third kappa shape index (κ3) is 4.64. The second-order valence-corrected chi connectivity index (χ2v) is 11.0. The van der Waals surface area contributed by atoms with Crippen molar-refractivity contribution in [2.75, 3.05) is 19.8 Å². The SMILES string of the molecule is NC(=NCCC1OCCO1)NC(=O)Cn1c(-c2ccccc2)ccc1C12CC3CC(CC(C3)C1)C2. The molecular weight excluding hydrogens is 440 g/mol. The molecule has 7 rings (SSSR count). The number of hydrogen-bond acceptors (Lipinski definition) is 4. The molecule has 0 spiro atoms. The molecule has 1 aromatic carbocycles. The molecule has 1 aromatic heterocycles. The summed E-state index contributed by atoms with van der Waals surface area (Å²) < 4.78 is 13.1. The predicted octanol–water partition coefficient (Wildman–Crippen LogP) is 3.82. The van der Waals surface area contributed by atoms with Gasteiger partial charge < -0.3 is 19.8 Å². The molecule has 1 saturated heterocycles. The Morgan fingerprint density at radius 1 is 1.00 bits per heavy atom. The molecule has 2 heterocycles. The Hall–Kier alpha value is -2.64. The van der Waals surface area contributed by atoms with Crippen molar-refractivity contribution in [3.05, 3.63) is 48.2 Å². The molecule has 0 atom stereocenters. The van der Waals surface area contributed by atoms with Crippen molar-refractivity contribution in [3.63, 3.8) is 0 Å². The van der Waals surface area contributed by atoms with E-state index in [1.54, 1.807) is 0 Å². The van der Waals surface area contributed by atoms with Gasteiger partial charge in [-0.2, -0.15) is 0 Å². The number of amides is 1. The first-order valence-corrected chi connectivity index (χ1v) is 13.2. The first-order valence-electron chi connectivity index (χ1n) is 13.2. The van der Waals surface area contributed by atoms with Gasteiger partial charge in [0.1, 0.15) is 6.54 Å². The maximum atomic E-state index is 13.2. The summed E-state index contributed by atoms with van der Waals surface area (Å²) in [4.78, 5) is 17.5. The molecule has 0 radical (unpaired) electrons. The predicted molar refractivity (Wildman–Crippen MR) is 135 cm³/mol. The number of aliphatic imine (C=N–C) groups is 1. The molecule has 7 heteroatoms. The highest BCUT2D eigenvalue weighted by atomic mass is 16.7. The lowest BCUT2D eigenvalue weighted by atomic mass is 9.49. The van der Waals surface area contributed by atoms with Crippen LogP contribution in [-0.4, -0.2) is 42.5 Å². The zero-order valence-corrected chi connectivity index (χ0v) is 20.3. The number of ether oxygens (including phenoxy) is 2. The van der Waals surface area contributed by atoms with Crippen LogP contribution in [0.3, 0.4) is 0 Å². The van der Waals surface area contributed by atoms with Gasteiger partial charge in [0.15, 0.2) is 12.2 Å². The van der Waals surface area contributed by atoms with Gasteiger partial charge in [-0.3, -0.25) is 15.1 Å². The average molecular weight is 477 g/mol. The van der Waals surface area contributed by atoms with Crippen molar-refractivity contribution in [3.8, 4) is 11.3 Å². The Labute approximate surface area is 207 Å². The molecular formula is C28H36N4O3. The molecule has 186 valence electrons. The van der Waals surface area contributed by atoms with Gasteiger partial charge in [-0.15, -0.1) is 0 Å². The van der Waals surface area contributed by atoms with E-state index in [1.165, 1.54) is 44.2 Å². The van der Waals surface area contributed by atoms with Crippen LogP contribution in [0.5, 0.6) is 0 Å². The maximum Gasteiger partial charge on any atom is 0.246 e. The number of nitrogens with two attached hydrogens (primary N) is 1. The smallest absolute Gasteiger partial charge is 0.246 e. The lowest BCUT2D eigenvalue weighted by Crippen LogP contribution is -2.49. The van der Waals surface area contributed by atoms with Crippen molar-refractivity contribution in [2.24, 2.45) is 28.5 Å². The fourth-order valence-corrected chi connectivity index (χ4v) is 7.62. The minimum Gasteiger partial charge on any atom is -0.370 e. The van der Waals surface area contributed by atoms with Gasteiger partial charge in [-0.1, -0.05) is 30.3 Å². The van der Waals surface area contributed by atoms with E-state index in [2.05, 4.69) is 51.3 Å². The summed E-state index contributed by atoms with van der Waals surface area (Å²) in [7, 11) is 0. The molecule has 1 aliphatic heterocycles. The molecule has 4 bridgehead atoms. The monoisotopic (exact) mass is 476 g/mol. The van der Waals surface area contributed by atoms with Gasteiger partial charge in [0, 0.05) is 29.8 Å². The number of aromatic nitrogens is 1. The van der Waals surface area contributed by atoms with Crippen molar-refractivity contribution in [2.45, 2.75) is 63.2 Å². The van der Waals surface area contributed by atoms with Crippen LogP contribution in [0.4, 0.5) is 0 Å². The Bertz CT molecular complexity index is 1050. The van der Waals surface area contributed by atoms with Crippen molar-refractivity contribution < 1.29 is 14.3 Å². The first kappa shape index (κ1) is 22.8. The van der Waals surface area contributed by atoms with Crippen LogP contribution in [0.2, 0.25) is 0 Å². The Morgan fingerprint density at radius 3 is 2.31 bits per heavy atom. The summed E-state index contributed by atoms with van der Waals surface area (Å²) in [6, 6.07) is 14.9. The number of guanidine groups is 1. The van der Waals surface area contributed by atoms with E-state index in [0.717, 1.165) is 29.0 Å². The number of nitrogens with one attached hydrogen (secondary N) is 1. The highest BCUT2D eigenvalue weighted by Crippen LogP contribution is 2.61. The van der Waals surface area contributed by atoms with Gasteiger partial charge in [0.25, 0.3) is 0 Å². The standard InChI is InChI=1S/C28H36N4O3/c29-27(30-9-8-26-34-10-11-35-26)31-25(33)18-32-23(22-4-2-1-3-5-22)6-7-24(32)28-15-19-12-20(16-28)14-21(13-19)17-28/h1-7,19-21,26H,8-18H2,(H3,29,30,31,33). The summed E-state index contributed by atoms with van der Waals surface area (Å²) in [5.74, 6) is 2.54. The van der Waals surface area contributed by atoms with Gasteiger partial charge in [0.2, 0.25) is 5.91 Å². The number of rotatable bonds is 7. The maximum absolute atomic E-state index is 13.2. The highest BCUT2D eigenvalue weighted by molar-refractivity contribution is 5.96. The quantitative estimate of drug-likeness (QED) is 0.470. The minimum atomic E-state index is -0.224. The molecule has 5 fully saturated rings. The van der Waals surface area contributed by atoms with Crippen LogP contribution in [-0.2, 0) is 26.2 Å². The number of carbonyl (C=O) groups is 1. The van der Waals surface area contributed by atoms with Crippen molar-refractivity contribution in [1.29, 1.82) is 0 Å². The second-order valence-electron chi connectivity index (χ2n) is 11.0. The zero-order chi connectivity index (χ0) is 23.8. The Morgan fingerprint density at radius 2 is 1.66 bits per heavy atom. The summed E-state index contributed by atoms with van der Waals surface area (Å²) in [5.41, 5.74) is 9.81. The van der Waals surface area contributed by atoms with Crippen LogP contribution in [0.25, 0.3) is 11.3 Å². The van der Waals surface area contributed by atoms with Gasteiger partial charge in [-0.05, 0) is 74.0 Å². The number of carbonyl (C=O) groups excluding carboxylic acids is 1. The lowest BCUT2D eigenvalue weighted by Gasteiger charge is -2.57. The highest BCUT2D eigenvalue weighted by Gasteiger charge is 2.52.